The van der Waals surface area contributed by atoms with Crippen LogP contribution in [0.4, 0.5) is 5.13 Å². The number of aromatic nitrogens is 1. The van der Waals surface area contributed by atoms with Crippen molar-refractivity contribution in [1.29, 1.82) is 0 Å². The Labute approximate surface area is 127 Å². The van der Waals surface area contributed by atoms with Crippen LogP contribution in [0.5, 0.6) is 0 Å². The first-order valence-corrected chi connectivity index (χ1v) is 8.25. The average molecular weight is 296 g/mol. The summed E-state index contributed by atoms with van der Waals surface area (Å²) in [5, 5.41) is 6.85. The molecule has 1 saturated heterocycles. The van der Waals surface area contributed by atoms with Gasteiger partial charge in [-0.05, 0) is 40.8 Å². The third kappa shape index (κ3) is 3.93. The molecular formula is C15H28N4S. The fourth-order valence-corrected chi connectivity index (χ4v) is 3.50. The van der Waals surface area contributed by atoms with E-state index in [1.54, 1.807) is 11.3 Å². The van der Waals surface area contributed by atoms with Crippen LogP contribution in [0.15, 0.2) is 5.38 Å². The number of likely N-dealkylation sites (N-methyl/N-ethyl adjacent to an activating group) is 1. The van der Waals surface area contributed by atoms with Gasteiger partial charge in [-0.15, -0.1) is 11.3 Å². The summed E-state index contributed by atoms with van der Waals surface area (Å²) in [6, 6.07) is 0.634. The lowest BCUT2D eigenvalue weighted by molar-refractivity contribution is 0.266. The number of nitrogens with zero attached hydrogens (tertiary/aromatic N) is 3. The van der Waals surface area contributed by atoms with Gasteiger partial charge < -0.3 is 15.1 Å². The van der Waals surface area contributed by atoms with Crippen molar-refractivity contribution in [3.05, 3.63) is 11.1 Å². The Morgan fingerprint density at radius 1 is 1.40 bits per heavy atom. The smallest absolute Gasteiger partial charge is 0.185 e. The largest absolute Gasteiger partial charge is 0.346 e. The summed E-state index contributed by atoms with van der Waals surface area (Å²) in [4.78, 5) is 9.55. The van der Waals surface area contributed by atoms with Gasteiger partial charge in [-0.3, -0.25) is 0 Å². The molecule has 2 rings (SSSR count). The van der Waals surface area contributed by atoms with Crippen molar-refractivity contribution >= 4 is 16.5 Å². The molecule has 1 N–H and O–H groups in total. The summed E-state index contributed by atoms with van der Waals surface area (Å²) in [5.41, 5.74) is 1.29. The first-order valence-electron chi connectivity index (χ1n) is 7.37. The Kier molecular flexibility index (Phi) is 4.72. The van der Waals surface area contributed by atoms with E-state index in [-0.39, 0.29) is 5.54 Å². The first-order chi connectivity index (χ1) is 9.26. The van der Waals surface area contributed by atoms with Crippen molar-refractivity contribution < 1.29 is 0 Å². The van der Waals surface area contributed by atoms with Crippen LogP contribution in [0.25, 0.3) is 0 Å². The van der Waals surface area contributed by atoms with E-state index in [1.807, 2.05) is 0 Å². The van der Waals surface area contributed by atoms with E-state index in [0.29, 0.717) is 12.0 Å². The van der Waals surface area contributed by atoms with E-state index < -0.39 is 0 Å². The quantitative estimate of drug-likeness (QED) is 0.924. The Morgan fingerprint density at radius 3 is 2.65 bits per heavy atom. The van der Waals surface area contributed by atoms with E-state index in [1.165, 1.54) is 5.13 Å². The highest BCUT2D eigenvalue weighted by Crippen LogP contribution is 2.28. The van der Waals surface area contributed by atoms with Gasteiger partial charge in [0.25, 0.3) is 0 Å². The topological polar surface area (TPSA) is 31.4 Å². The van der Waals surface area contributed by atoms with Gasteiger partial charge in [0.2, 0.25) is 0 Å². The van der Waals surface area contributed by atoms with Crippen LogP contribution in [-0.2, 0) is 6.54 Å². The Hall–Kier alpha value is -0.650. The van der Waals surface area contributed by atoms with Crippen molar-refractivity contribution in [2.45, 2.75) is 45.8 Å². The molecule has 1 aromatic rings. The molecule has 2 unspecified atom stereocenters. The molecule has 5 heteroatoms. The molecule has 114 valence electrons. The van der Waals surface area contributed by atoms with Crippen molar-refractivity contribution in [3.8, 4) is 0 Å². The predicted molar refractivity (Wildman–Crippen MR) is 87.6 cm³/mol. The summed E-state index contributed by atoms with van der Waals surface area (Å²) in [5.74, 6) is 0.699. The molecule has 20 heavy (non-hydrogen) atoms. The second-order valence-corrected chi connectivity index (χ2v) is 7.97. The molecule has 0 aliphatic carbocycles. The monoisotopic (exact) mass is 296 g/mol. The summed E-state index contributed by atoms with van der Waals surface area (Å²) in [6.07, 6.45) is 0. The highest BCUT2D eigenvalue weighted by molar-refractivity contribution is 7.13. The maximum atomic E-state index is 4.79. The highest BCUT2D eigenvalue weighted by Gasteiger charge is 2.32. The molecule has 1 aromatic heterocycles. The third-order valence-electron chi connectivity index (χ3n) is 3.85. The van der Waals surface area contributed by atoms with Crippen LogP contribution in [0.2, 0.25) is 0 Å². The molecule has 0 aromatic carbocycles. The first kappa shape index (κ1) is 15.7. The van der Waals surface area contributed by atoms with Gasteiger partial charge in [-0.2, -0.15) is 0 Å². The molecular weight excluding hydrogens is 268 g/mol. The maximum absolute atomic E-state index is 4.79. The van der Waals surface area contributed by atoms with Crippen LogP contribution in [0.1, 0.15) is 33.4 Å². The number of rotatable bonds is 4. The summed E-state index contributed by atoms with van der Waals surface area (Å²) >= 11 is 1.77. The molecule has 0 spiro atoms. The second-order valence-electron chi connectivity index (χ2n) is 7.14. The fraction of sp³-hybridized carbons (Fsp3) is 0.800. The molecule has 0 bridgehead atoms. The molecule has 2 atom stereocenters. The second kappa shape index (κ2) is 6.00. The van der Waals surface area contributed by atoms with Gasteiger partial charge in [0.15, 0.2) is 5.13 Å². The number of hydrogen-bond acceptors (Lipinski definition) is 5. The lowest BCUT2D eigenvalue weighted by Gasteiger charge is -2.22. The van der Waals surface area contributed by atoms with Crippen LogP contribution in [0.3, 0.4) is 0 Å². The fourth-order valence-electron chi connectivity index (χ4n) is 2.66. The Bertz CT molecular complexity index is 435. The zero-order valence-corrected chi connectivity index (χ0v) is 14.4. The number of thiazole rings is 1. The average Bonchev–Trinajstić information content (AvgIpc) is 2.91. The molecule has 2 heterocycles. The van der Waals surface area contributed by atoms with E-state index >= 15 is 0 Å². The zero-order valence-electron chi connectivity index (χ0n) is 13.6. The number of nitrogens with one attached hydrogen (secondary N) is 1. The lowest BCUT2D eigenvalue weighted by atomic mass is 10.1. The SMILES string of the molecule is CC1CN(c2nc(CNC(C)(C)C)cs2)CC1N(C)C. The minimum atomic E-state index is 0.141. The number of anilines is 1. The molecule has 4 nitrogen and oxygen atoms in total. The number of hydrogen-bond donors (Lipinski definition) is 1. The summed E-state index contributed by atoms with van der Waals surface area (Å²) < 4.78 is 0. The minimum Gasteiger partial charge on any atom is -0.346 e. The van der Waals surface area contributed by atoms with E-state index in [9.17, 15) is 0 Å². The zero-order chi connectivity index (χ0) is 14.9. The van der Waals surface area contributed by atoms with E-state index in [2.05, 4.69) is 62.3 Å². The van der Waals surface area contributed by atoms with Crippen molar-refractivity contribution in [2.75, 3.05) is 32.1 Å². The van der Waals surface area contributed by atoms with Gasteiger partial charge >= 0.3 is 0 Å². The van der Waals surface area contributed by atoms with Crippen molar-refractivity contribution in [3.63, 3.8) is 0 Å². The van der Waals surface area contributed by atoms with Crippen LogP contribution < -0.4 is 10.2 Å². The van der Waals surface area contributed by atoms with Gasteiger partial charge in [-0.25, -0.2) is 4.98 Å². The summed E-state index contributed by atoms with van der Waals surface area (Å²) in [7, 11) is 4.34. The van der Waals surface area contributed by atoms with E-state index in [0.717, 1.165) is 25.3 Å². The Morgan fingerprint density at radius 2 is 2.10 bits per heavy atom. The third-order valence-corrected chi connectivity index (χ3v) is 4.80. The Balaban J connectivity index is 1.96. The van der Waals surface area contributed by atoms with Gasteiger partial charge in [0, 0.05) is 36.6 Å². The molecule has 1 fully saturated rings. The normalized spacial score (nSPS) is 23.9. The minimum absolute atomic E-state index is 0.141. The van der Waals surface area contributed by atoms with Crippen LogP contribution in [0, 0.1) is 5.92 Å². The van der Waals surface area contributed by atoms with Crippen molar-refractivity contribution in [1.82, 2.24) is 15.2 Å². The van der Waals surface area contributed by atoms with Gasteiger partial charge in [0.1, 0.15) is 0 Å². The predicted octanol–water partition coefficient (Wildman–Crippen LogP) is 2.42. The van der Waals surface area contributed by atoms with Crippen LogP contribution in [-0.4, -0.2) is 48.6 Å². The highest BCUT2D eigenvalue weighted by atomic mass is 32.1. The molecule has 0 amide bonds. The van der Waals surface area contributed by atoms with Gasteiger partial charge in [-0.1, -0.05) is 6.92 Å². The standard InChI is InChI=1S/C15H28N4S/c1-11-8-19(9-13(11)18(5)6)14-17-12(10-20-14)7-16-15(2,3)4/h10-11,13,16H,7-9H2,1-6H3. The molecule has 0 saturated carbocycles. The van der Waals surface area contributed by atoms with Crippen LogP contribution >= 0.6 is 11.3 Å². The molecule has 1 aliphatic heterocycles. The lowest BCUT2D eigenvalue weighted by Crippen LogP contribution is -2.35. The molecule has 0 radical (unpaired) electrons. The molecule has 1 aliphatic rings. The maximum Gasteiger partial charge on any atom is 0.185 e. The van der Waals surface area contributed by atoms with Gasteiger partial charge in [0.05, 0.1) is 5.69 Å². The van der Waals surface area contributed by atoms with Crippen molar-refractivity contribution in [2.24, 2.45) is 5.92 Å². The summed E-state index contributed by atoms with van der Waals surface area (Å²) in [6.45, 7) is 11.9. The van der Waals surface area contributed by atoms with E-state index in [4.69, 9.17) is 4.98 Å².